The fourth-order valence-electron chi connectivity index (χ4n) is 3.48. The molecule has 0 fully saturated rings. The number of nitrogens with one attached hydrogen (secondary N) is 3. The Morgan fingerprint density at radius 2 is 1.24 bits per heavy atom. The van der Waals surface area contributed by atoms with Crippen LogP contribution in [0.5, 0.6) is 0 Å². The Morgan fingerprint density at radius 1 is 0.676 bits per heavy atom. The molecule has 4 rings (SSSR count). The van der Waals surface area contributed by atoms with Crippen LogP contribution in [0, 0.1) is 0 Å². The van der Waals surface area contributed by atoms with Crippen molar-refractivity contribution in [2.24, 2.45) is 0 Å². The molecule has 1 amide bonds. The summed E-state index contributed by atoms with van der Waals surface area (Å²) >= 11 is 0. The van der Waals surface area contributed by atoms with Crippen LogP contribution in [0.15, 0.2) is 120 Å². The topological polar surface area (TPSA) is 87.3 Å². The first-order chi connectivity index (χ1) is 16.5. The number of hydrogen-bond donors (Lipinski definition) is 3. The number of hydrogen-bond acceptors (Lipinski definition) is 4. The number of carbonyl (C=O) groups is 1. The molecule has 34 heavy (non-hydrogen) atoms. The normalized spacial score (nSPS) is 12.0. The number of rotatable bonds is 9. The Hall–Kier alpha value is -3.94. The lowest BCUT2D eigenvalue weighted by Gasteiger charge is -2.19. The lowest BCUT2D eigenvalue weighted by Crippen LogP contribution is -2.45. The SMILES string of the molecule is O=C(Nc1cccc(Nc2ccccc2)c1)[C@H](Cc1ccccc1)NS(=O)(=O)c1ccccc1. The van der Waals surface area contributed by atoms with Gasteiger partial charge in [0, 0.05) is 17.1 Å². The molecule has 0 saturated carbocycles. The van der Waals surface area contributed by atoms with E-state index >= 15 is 0 Å². The molecule has 0 bridgehead atoms. The highest BCUT2D eigenvalue weighted by molar-refractivity contribution is 7.89. The third kappa shape index (κ3) is 6.31. The van der Waals surface area contributed by atoms with E-state index in [1.54, 1.807) is 30.3 Å². The average molecular weight is 472 g/mol. The maximum absolute atomic E-state index is 13.2. The lowest BCUT2D eigenvalue weighted by molar-refractivity contribution is -0.117. The molecule has 0 spiro atoms. The van der Waals surface area contributed by atoms with Gasteiger partial charge < -0.3 is 10.6 Å². The van der Waals surface area contributed by atoms with Gasteiger partial charge >= 0.3 is 0 Å². The molecule has 4 aromatic carbocycles. The molecular weight excluding hydrogens is 446 g/mol. The van der Waals surface area contributed by atoms with Crippen molar-refractivity contribution in [1.29, 1.82) is 0 Å². The Bertz CT molecular complexity index is 1330. The van der Waals surface area contributed by atoms with Gasteiger partial charge in [0.05, 0.1) is 4.90 Å². The van der Waals surface area contributed by atoms with Crippen LogP contribution in [0.4, 0.5) is 17.1 Å². The van der Waals surface area contributed by atoms with E-state index < -0.39 is 22.0 Å². The summed E-state index contributed by atoms with van der Waals surface area (Å²) in [6.07, 6.45) is 0.209. The van der Waals surface area contributed by atoms with Crippen LogP contribution in [0.25, 0.3) is 0 Å². The summed E-state index contributed by atoms with van der Waals surface area (Å²) in [5.41, 5.74) is 3.12. The van der Waals surface area contributed by atoms with Crippen molar-refractivity contribution < 1.29 is 13.2 Å². The van der Waals surface area contributed by atoms with E-state index in [1.807, 2.05) is 72.8 Å². The van der Waals surface area contributed by atoms with Crippen molar-refractivity contribution in [3.8, 4) is 0 Å². The molecule has 3 N–H and O–H groups in total. The summed E-state index contributed by atoms with van der Waals surface area (Å²) in [6, 6.07) is 33.3. The van der Waals surface area contributed by atoms with Gasteiger partial charge in [-0.05, 0) is 54.4 Å². The third-order valence-electron chi connectivity index (χ3n) is 5.14. The van der Waals surface area contributed by atoms with Gasteiger partial charge in [0.2, 0.25) is 15.9 Å². The van der Waals surface area contributed by atoms with Crippen LogP contribution in [0.2, 0.25) is 0 Å². The van der Waals surface area contributed by atoms with Crippen LogP contribution in [-0.2, 0) is 21.2 Å². The number of sulfonamides is 1. The van der Waals surface area contributed by atoms with Crippen LogP contribution < -0.4 is 15.4 Å². The zero-order valence-electron chi connectivity index (χ0n) is 18.4. The number of amides is 1. The minimum Gasteiger partial charge on any atom is -0.355 e. The van der Waals surface area contributed by atoms with E-state index in [-0.39, 0.29) is 11.3 Å². The van der Waals surface area contributed by atoms with Gasteiger partial charge in [-0.25, -0.2) is 8.42 Å². The smallest absolute Gasteiger partial charge is 0.242 e. The van der Waals surface area contributed by atoms with Crippen LogP contribution in [-0.4, -0.2) is 20.4 Å². The second kappa shape index (κ2) is 10.8. The maximum Gasteiger partial charge on any atom is 0.242 e. The van der Waals surface area contributed by atoms with Crippen molar-refractivity contribution in [3.05, 3.63) is 121 Å². The molecule has 0 aliphatic carbocycles. The van der Waals surface area contributed by atoms with E-state index in [0.717, 1.165) is 16.9 Å². The lowest BCUT2D eigenvalue weighted by atomic mass is 10.1. The molecule has 0 heterocycles. The summed E-state index contributed by atoms with van der Waals surface area (Å²) < 4.78 is 28.5. The fourth-order valence-corrected chi connectivity index (χ4v) is 4.70. The number of benzene rings is 4. The van der Waals surface area contributed by atoms with E-state index in [9.17, 15) is 13.2 Å². The van der Waals surface area contributed by atoms with E-state index in [0.29, 0.717) is 5.69 Å². The highest BCUT2D eigenvalue weighted by Gasteiger charge is 2.26. The zero-order chi connectivity index (χ0) is 23.8. The van der Waals surface area contributed by atoms with Gasteiger partial charge in [0.1, 0.15) is 6.04 Å². The van der Waals surface area contributed by atoms with Crippen LogP contribution >= 0.6 is 0 Å². The minimum absolute atomic E-state index is 0.106. The summed E-state index contributed by atoms with van der Waals surface area (Å²) in [6.45, 7) is 0. The first-order valence-corrected chi connectivity index (χ1v) is 12.3. The van der Waals surface area contributed by atoms with Gasteiger partial charge in [-0.1, -0.05) is 72.8 Å². The number of anilines is 3. The van der Waals surface area contributed by atoms with Gasteiger partial charge in [0.25, 0.3) is 0 Å². The molecule has 0 radical (unpaired) electrons. The summed E-state index contributed by atoms with van der Waals surface area (Å²) in [4.78, 5) is 13.3. The molecule has 0 aromatic heterocycles. The van der Waals surface area contributed by atoms with Gasteiger partial charge in [-0.15, -0.1) is 0 Å². The predicted molar refractivity (Wildman–Crippen MR) is 135 cm³/mol. The molecule has 1 atom stereocenters. The van der Waals surface area contributed by atoms with E-state index in [2.05, 4.69) is 15.4 Å². The monoisotopic (exact) mass is 471 g/mol. The molecule has 0 aliphatic heterocycles. The third-order valence-corrected chi connectivity index (χ3v) is 6.63. The van der Waals surface area contributed by atoms with Crippen LogP contribution in [0.1, 0.15) is 5.56 Å². The molecular formula is C27H25N3O3S. The van der Waals surface area contributed by atoms with Crippen molar-refractivity contribution in [3.63, 3.8) is 0 Å². The van der Waals surface area contributed by atoms with Crippen molar-refractivity contribution in [2.45, 2.75) is 17.4 Å². The Labute approximate surface area is 199 Å². The fraction of sp³-hybridized carbons (Fsp3) is 0.0741. The first kappa shape index (κ1) is 23.2. The molecule has 0 saturated heterocycles. The quantitative estimate of drug-likeness (QED) is 0.322. The second-order valence-electron chi connectivity index (χ2n) is 7.74. The second-order valence-corrected chi connectivity index (χ2v) is 9.45. The van der Waals surface area contributed by atoms with Gasteiger partial charge in [-0.2, -0.15) is 4.72 Å². The summed E-state index contributed by atoms with van der Waals surface area (Å²) in [5, 5.41) is 6.14. The molecule has 172 valence electrons. The minimum atomic E-state index is -3.89. The zero-order valence-corrected chi connectivity index (χ0v) is 19.2. The molecule has 0 unspecified atom stereocenters. The highest BCUT2D eigenvalue weighted by Crippen LogP contribution is 2.20. The van der Waals surface area contributed by atoms with Crippen molar-refractivity contribution in [2.75, 3.05) is 10.6 Å². The number of para-hydroxylation sites is 1. The largest absolute Gasteiger partial charge is 0.355 e. The Balaban J connectivity index is 1.54. The van der Waals surface area contributed by atoms with Crippen molar-refractivity contribution >= 4 is 33.0 Å². The standard InChI is InChI=1S/C27H25N3O3S/c31-27(29-24-16-10-15-23(20-24)28-22-13-6-2-7-14-22)26(19-21-11-4-1-5-12-21)30-34(32,33)25-17-8-3-9-18-25/h1-18,20,26,28,30H,19H2,(H,29,31)/t26-/m0/s1. The molecule has 7 heteroatoms. The van der Waals surface area contributed by atoms with Gasteiger partial charge in [0.15, 0.2) is 0 Å². The molecule has 4 aromatic rings. The average Bonchev–Trinajstić information content (AvgIpc) is 2.85. The van der Waals surface area contributed by atoms with Crippen molar-refractivity contribution in [1.82, 2.24) is 4.72 Å². The molecule has 0 aliphatic rings. The Morgan fingerprint density at radius 3 is 1.91 bits per heavy atom. The predicted octanol–water partition coefficient (Wildman–Crippen LogP) is 4.96. The summed E-state index contributed by atoms with van der Waals surface area (Å²) in [7, 11) is -3.89. The number of carbonyl (C=O) groups excluding carboxylic acids is 1. The van der Waals surface area contributed by atoms with E-state index in [1.165, 1.54) is 12.1 Å². The van der Waals surface area contributed by atoms with E-state index in [4.69, 9.17) is 0 Å². The summed E-state index contributed by atoms with van der Waals surface area (Å²) in [5.74, 6) is -0.444. The van der Waals surface area contributed by atoms with Crippen LogP contribution in [0.3, 0.4) is 0 Å². The highest BCUT2D eigenvalue weighted by atomic mass is 32.2. The van der Waals surface area contributed by atoms with Gasteiger partial charge in [-0.3, -0.25) is 4.79 Å². The molecule has 6 nitrogen and oxygen atoms in total. The Kier molecular flexibility index (Phi) is 7.37. The maximum atomic E-state index is 13.2. The first-order valence-electron chi connectivity index (χ1n) is 10.8.